The van der Waals surface area contributed by atoms with Crippen LogP contribution in [0.25, 0.3) is 0 Å². The van der Waals surface area contributed by atoms with Crippen LogP contribution in [-0.2, 0) is 6.42 Å². The van der Waals surface area contributed by atoms with E-state index in [9.17, 15) is 0 Å². The lowest BCUT2D eigenvalue weighted by Gasteiger charge is -2.11. The van der Waals surface area contributed by atoms with Gasteiger partial charge in [-0.3, -0.25) is 0 Å². The Hall–Kier alpha value is -0.640. The molecule has 0 bridgehead atoms. The topological polar surface area (TPSA) is 26.0 Å². The second-order valence-electron chi connectivity index (χ2n) is 3.57. The minimum absolute atomic E-state index is 0.0613. The van der Waals surface area contributed by atoms with E-state index in [-0.39, 0.29) is 6.04 Å². The van der Waals surface area contributed by atoms with Gasteiger partial charge >= 0.3 is 0 Å². The van der Waals surface area contributed by atoms with Gasteiger partial charge < -0.3 is 5.73 Å². The predicted octanol–water partition coefficient (Wildman–Crippen LogP) is 3.73. The maximum Gasteiger partial charge on any atom is 0.0659 e. The lowest BCUT2D eigenvalue weighted by molar-refractivity contribution is 0.872. The Kier molecular flexibility index (Phi) is 3.24. The van der Waals surface area contributed by atoms with Gasteiger partial charge in [-0.2, -0.15) is 0 Å². The zero-order chi connectivity index (χ0) is 10.8. The number of hydrogen-bond acceptors (Lipinski definition) is 3. The summed E-state index contributed by atoms with van der Waals surface area (Å²) in [4.78, 5) is 2.65. The summed E-state index contributed by atoms with van der Waals surface area (Å²) >= 11 is 3.54. The normalized spacial score (nSPS) is 13.0. The molecule has 0 aliphatic carbocycles. The number of thiophene rings is 2. The van der Waals surface area contributed by atoms with Crippen molar-refractivity contribution in [3.8, 4) is 0 Å². The van der Waals surface area contributed by atoms with Gasteiger partial charge in [0.1, 0.15) is 0 Å². The smallest absolute Gasteiger partial charge is 0.0659 e. The van der Waals surface area contributed by atoms with Gasteiger partial charge in [-0.05, 0) is 47.4 Å². The van der Waals surface area contributed by atoms with E-state index < -0.39 is 0 Å². The molecule has 80 valence electrons. The summed E-state index contributed by atoms with van der Waals surface area (Å²) in [6.07, 6.45) is 1.07. The van der Waals surface area contributed by atoms with Crippen LogP contribution in [0.1, 0.15) is 33.8 Å². The third-order valence-corrected chi connectivity index (χ3v) is 4.58. The Morgan fingerprint density at radius 3 is 2.60 bits per heavy atom. The second-order valence-corrected chi connectivity index (χ2v) is 5.64. The Bertz CT molecular complexity index is 442. The van der Waals surface area contributed by atoms with Crippen LogP contribution in [0.15, 0.2) is 22.9 Å². The standard InChI is InChI=1S/C12H15NS2/c1-3-9-4-6-15-12(9)11(13)10-5-7-14-8(10)2/h4-7,11H,3,13H2,1-2H3. The highest BCUT2D eigenvalue weighted by molar-refractivity contribution is 7.10. The monoisotopic (exact) mass is 237 g/mol. The molecule has 0 fully saturated rings. The highest BCUT2D eigenvalue weighted by Gasteiger charge is 2.16. The molecule has 1 unspecified atom stereocenters. The van der Waals surface area contributed by atoms with Crippen LogP contribution < -0.4 is 5.73 Å². The van der Waals surface area contributed by atoms with Crippen molar-refractivity contribution in [2.24, 2.45) is 5.73 Å². The summed E-state index contributed by atoms with van der Waals surface area (Å²) in [6, 6.07) is 4.39. The van der Waals surface area contributed by atoms with Gasteiger partial charge in [0.15, 0.2) is 0 Å². The Morgan fingerprint density at radius 2 is 2.00 bits per heavy atom. The fourth-order valence-corrected chi connectivity index (χ4v) is 3.54. The van der Waals surface area contributed by atoms with E-state index in [1.807, 2.05) is 0 Å². The third-order valence-electron chi connectivity index (χ3n) is 2.68. The quantitative estimate of drug-likeness (QED) is 0.865. The molecule has 2 aromatic heterocycles. The first-order chi connectivity index (χ1) is 7.24. The van der Waals surface area contributed by atoms with Crippen molar-refractivity contribution in [2.45, 2.75) is 26.3 Å². The molecule has 1 nitrogen and oxygen atoms in total. The average molecular weight is 237 g/mol. The number of hydrogen-bond donors (Lipinski definition) is 1. The molecule has 3 heteroatoms. The van der Waals surface area contributed by atoms with E-state index in [0.717, 1.165) is 6.42 Å². The summed E-state index contributed by atoms with van der Waals surface area (Å²) in [7, 11) is 0. The molecular weight excluding hydrogens is 222 g/mol. The van der Waals surface area contributed by atoms with E-state index in [0.29, 0.717) is 0 Å². The van der Waals surface area contributed by atoms with Crippen LogP contribution in [-0.4, -0.2) is 0 Å². The van der Waals surface area contributed by atoms with Crippen molar-refractivity contribution >= 4 is 22.7 Å². The van der Waals surface area contributed by atoms with E-state index in [4.69, 9.17) is 5.73 Å². The van der Waals surface area contributed by atoms with Crippen molar-refractivity contribution in [1.82, 2.24) is 0 Å². The summed E-state index contributed by atoms with van der Waals surface area (Å²) in [5.74, 6) is 0. The molecule has 0 amide bonds. The molecule has 0 saturated carbocycles. The first-order valence-corrected chi connectivity index (χ1v) is 6.85. The summed E-state index contributed by atoms with van der Waals surface area (Å²) < 4.78 is 0. The molecular formula is C12H15NS2. The summed E-state index contributed by atoms with van der Waals surface area (Å²) in [5.41, 5.74) is 8.96. The van der Waals surface area contributed by atoms with Crippen LogP contribution in [0.3, 0.4) is 0 Å². The molecule has 0 saturated heterocycles. The molecule has 15 heavy (non-hydrogen) atoms. The maximum atomic E-state index is 6.30. The molecule has 2 aromatic rings. The first kappa shape index (κ1) is 10.9. The number of rotatable bonds is 3. The SMILES string of the molecule is CCc1ccsc1C(N)c1ccsc1C. The van der Waals surface area contributed by atoms with E-state index in [1.54, 1.807) is 22.7 Å². The van der Waals surface area contributed by atoms with Crippen LogP contribution in [0.4, 0.5) is 0 Å². The Labute approximate surface area is 98.6 Å². The highest BCUT2D eigenvalue weighted by Crippen LogP contribution is 2.31. The highest BCUT2D eigenvalue weighted by atomic mass is 32.1. The molecule has 0 aliphatic rings. The average Bonchev–Trinajstić information content (AvgIpc) is 2.84. The van der Waals surface area contributed by atoms with Gasteiger partial charge in [0.05, 0.1) is 6.04 Å². The summed E-state index contributed by atoms with van der Waals surface area (Å²) in [5, 5.41) is 4.25. The van der Waals surface area contributed by atoms with Gasteiger partial charge in [0.2, 0.25) is 0 Å². The van der Waals surface area contributed by atoms with Crippen molar-refractivity contribution in [3.63, 3.8) is 0 Å². The molecule has 0 aromatic carbocycles. The van der Waals surface area contributed by atoms with E-state index in [1.165, 1.54) is 20.9 Å². The maximum absolute atomic E-state index is 6.30. The molecule has 0 aliphatic heterocycles. The van der Waals surface area contributed by atoms with Gasteiger partial charge in [-0.25, -0.2) is 0 Å². The fourth-order valence-electron chi connectivity index (χ4n) is 1.77. The lowest BCUT2D eigenvalue weighted by atomic mass is 10.0. The van der Waals surface area contributed by atoms with Crippen molar-refractivity contribution < 1.29 is 0 Å². The predicted molar refractivity (Wildman–Crippen MR) is 68.8 cm³/mol. The van der Waals surface area contributed by atoms with E-state index >= 15 is 0 Å². The molecule has 2 rings (SSSR count). The zero-order valence-electron chi connectivity index (χ0n) is 8.99. The third kappa shape index (κ3) is 2.00. The van der Waals surface area contributed by atoms with E-state index in [2.05, 4.69) is 36.7 Å². The molecule has 0 spiro atoms. The number of aryl methyl sites for hydroxylation is 2. The van der Waals surface area contributed by atoms with Gasteiger partial charge in [0.25, 0.3) is 0 Å². The van der Waals surface area contributed by atoms with Crippen LogP contribution in [0, 0.1) is 6.92 Å². The minimum atomic E-state index is 0.0613. The van der Waals surface area contributed by atoms with Gasteiger partial charge in [0, 0.05) is 9.75 Å². The van der Waals surface area contributed by atoms with Crippen LogP contribution >= 0.6 is 22.7 Å². The lowest BCUT2D eigenvalue weighted by Crippen LogP contribution is -2.11. The molecule has 2 heterocycles. The first-order valence-electron chi connectivity index (χ1n) is 5.10. The van der Waals surface area contributed by atoms with Crippen molar-refractivity contribution in [3.05, 3.63) is 43.8 Å². The Morgan fingerprint density at radius 1 is 1.27 bits per heavy atom. The van der Waals surface area contributed by atoms with Crippen molar-refractivity contribution in [2.75, 3.05) is 0 Å². The largest absolute Gasteiger partial charge is 0.320 e. The zero-order valence-corrected chi connectivity index (χ0v) is 10.6. The van der Waals surface area contributed by atoms with Crippen LogP contribution in [0.2, 0.25) is 0 Å². The molecule has 0 radical (unpaired) electrons. The van der Waals surface area contributed by atoms with Crippen LogP contribution in [0.5, 0.6) is 0 Å². The fraction of sp³-hybridized carbons (Fsp3) is 0.333. The van der Waals surface area contributed by atoms with Gasteiger partial charge in [-0.15, -0.1) is 22.7 Å². The molecule has 1 atom stereocenters. The van der Waals surface area contributed by atoms with Crippen molar-refractivity contribution in [1.29, 1.82) is 0 Å². The Balaban J connectivity index is 2.36. The number of nitrogens with two attached hydrogens (primary N) is 1. The minimum Gasteiger partial charge on any atom is -0.320 e. The second kappa shape index (κ2) is 4.47. The van der Waals surface area contributed by atoms with Gasteiger partial charge in [-0.1, -0.05) is 6.92 Å². The molecule has 2 N–H and O–H groups in total. The summed E-state index contributed by atoms with van der Waals surface area (Å²) in [6.45, 7) is 4.32.